The van der Waals surface area contributed by atoms with Crippen molar-refractivity contribution in [2.45, 2.75) is 58.0 Å². The number of piperidine rings is 1. The Morgan fingerprint density at radius 1 is 1.11 bits per heavy atom. The highest BCUT2D eigenvalue weighted by atomic mass is 15.2. The molecule has 0 aromatic rings. The Kier molecular flexibility index (Phi) is 6.11. The van der Waals surface area contributed by atoms with E-state index in [1.54, 1.807) is 0 Å². The molecule has 1 saturated carbocycles. The molecule has 3 heteroatoms. The summed E-state index contributed by atoms with van der Waals surface area (Å²) in [6, 6.07) is 1.68. The van der Waals surface area contributed by atoms with Crippen molar-refractivity contribution in [2.24, 2.45) is 5.92 Å². The Labute approximate surface area is 119 Å². The minimum Gasteiger partial charge on any atom is -0.316 e. The Balaban J connectivity index is 1.72. The molecule has 1 aliphatic carbocycles. The molecule has 3 nitrogen and oxygen atoms in total. The lowest BCUT2D eigenvalue weighted by atomic mass is 9.77. The van der Waals surface area contributed by atoms with Crippen molar-refractivity contribution in [3.63, 3.8) is 0 Å². The lowest BCUT2D eigenvalue weighted by Gasteiger charge is -2.48. The smallest absolute Gasteiger partial charge is 0.0136 e. The van der Waals surface area contributed by atoms with Gasteiger partial charge >= 0.3 is 0 Å². The largest absolute Gasteiger partial charge is 0.316 e. The van der Waals surface area contributed by atoms with E-state index in [0.717, 1.165) is 18.0 Å². The van der Waals surface area contributed by atoms with Crippen LogP contribution in [0.1, 0.15) is 46.0 Å². The molecule has 112 valence electrons. The molecule has 0 bridgehead atoms. The summed E-state index contributed by atoms with van der Waals surface area (Å²) in [5.41, 5.74) is 0. The van der Waals surface area contributed by atoms with Crippen LogP contribution in [0.25, 0.3) is 0 Å². The summed E-state index contributed by atoms with van der Waals surface area (Å²) in [5.74, 6) is 0.903. The first-order valence-corrected chi connectivity index (χ1v) is 8.41. The highest BCUT2D eigenvalue weighted by molar-refractivity contribution is 4.92. The van der Waals surface area contributed by atoms with Gasteiger partial charge in [0.05, 0.1) is 0 Å². The molecule has 1 N–H and O–H groups in total. The normalized spacial score (nSPS) is 29.7. The highest BCUT2D eigenvalue weighted by Crippen LogP contribution is 2.33. The standard InChI is InChI=1S/C16H33N3/c1-4-10-17-13-14-6-7-16(14)18(3)15-8-11-19(5-2)12-9-15/h14-17H,4-13H2,1-3H3. The van der Waals surface area contributed by atoms with Gasteiger partial charge in [0.1, 0.15) is 0 Å². The molecule has 1 aliphatic heterocycles. The zero-order valence-electron chi connectivity index (χ0n) is 13.2. The van der Waals surface area contributed by atoms with Crippen LogP contribution in [0, 0.1) is 5.92 Å². The minimum absolute atomic E-state index is 0.835. The average Bonchev–Trinajstić information content (AvgIpc) is 2.42. The molecular weight excluding hydrogens is 234 g/mol. The van der Waals surface area contributed by atoms with Crippen molar-refractivity contribution in [3.8, 4) is 0 Å². The summed E-state index contributed by atoms with van der Waals surface area (Å²) in [7, 11) is 2.38. The average molecular weight is 267 g/mol. The zero-order valence-corrected chi connectivity index (χ0v) is 13.2. The van der Waals surface area contributed by atoms with Gasteiger partial charge < -0.3 is 15.1 Å². The molecular formula is C16H33N3. The van der Waals surface area contributed by atoms with Crippen LogP contribution in [0.5, 0.6) is 0 Å². The topological polar surface area (TPSA) is 18.5 Å². The van der Waals surface area contributed by atoms with Crippen LogP contribution in [0.3, 0.4) is 0 Å². The maximum Gasteiger partial charge on any atom is 0.0136 e. The van der Waals surface area contributed by atoms with Crippen molar-refractivity contribution in [1.82, 2.24) is 15.1 Å². The third kappa shape index (κ3) is 3.93. The Hall–Kier alpha value is -0.120. The van der Waals surface area contributed by atoms with Gasteiger partial charge in [0.25, 0.3) is 0 Å². The first kappa shape index (κ1) is 15.3. The fourth-order valence-corrected chi connectivity index (χ4v) is 3.70. The van der Waals surface area contributed by atoms with Crippen molar-refractivity contribution >= 4 is 0 Å². The van der Waals surface area contributed by atoms with Gasteiger partial charge in [-0.15, -0.1) is 0 Å². The predicted octanol–water partition coefficient (Wildman–Crippen LogP) is 2.18. The van der Waals surface area contributed by atoms with Gasteiger partial charge in [0.2, 0.25) is 0 Å². The van der Waals surface area contributed by atoms with E-state index >= 15 is 0 Å². The Morgan fingerprint density at radius 2 is 1.84 bits per heavy atom. The van der Waals surface area contributed by atoms with E-state index in [0.29, 0.717) is 0 Å². The summed E-state index contributed by atoms with van der Waals surface area (Å²) in [6.45, 7) is 10.8. The molecule has 2 unspecified atom stereocenters. The van der Waals surface area contributed by atoms with Gasteiger partial charge in [-0.25, -0.2) is 0 Å². The third-order valence-electron chi connectivity index (χ3n) is 5.31. The number of hydrogen-bond donors (Lipinski definition) is 1. The number of nitrogens with zero attached hydrogens (tertiary/aromatic N) is 2. The molecule has 0 amide bonds. The SMILES string of the molecule is CCCNCC1CCC1N(C)C1CCN(CC)CC1. The summed E-state index contributed by atoms with van der Waals surface area (Å²) in [6.07, 6.45) is 6.84. The van der Waals surface area contributed by atoms with Gasteiger partial charge in [0.15, 0.2) is 0 Å². The number of rotatable bonds is 7. The van der Waals surface area contributed by atoms with E-state index in [2.05, 4.69) is 36.0 Å². The second kappa shape index (κ2) is 7.61. The molecule has 19 heavy (non-hydrogen) atoms. The molecule has 2 aliphatic rings. The van der Waals surface area contributed by atoms with E-state index in [-0.39, 0.29) is 0 Å². The fourth-order valence-electron chi connectivity index (χ4n) is 3.70. The van der Waals surface area contributed by atoms with Gasteiger partial charge in [-0.05, 0) is 77.8 Å². The molecule has 1 saturated heterocycles. The minimum atomic E-state index is 0.835. The second-order valence-electron chi connectivity index (χ2n) is 6.44. The number of nitrogens with one attached hydrogen (secondary N) is 1. The summed E-state index contributed by atoms with van der Waals surface area (Å²) >= 11 is 0. The van der Waals surface area contributed by atoms with Gasteiger partial charge in [-0.2, -0.15) is 0 Å². The van der Waals surface area contributed by atoms with Crippen molar-refractivity contribution in [3.05, 3.63) is 0 Å². The van der Waals surface area contributed by atoms with Crippen LogP contribution >= 0.6 is 0 Å². The van der Waals surface area contributed by atoms with Gasteiger partial charge in [-0.3, -0.25) is 0 Å². The van der Waals surface area contributed by atoms with E-state index < -0.39 is 0 Å². The first-order chi connectivity index (χ1) is 9.26. The van der Waals surface area contributed by atoms with E-state index in [1.165, 1.54) is 64.8 Å². The van der Waals surface area contributed by atoms with E-state index in [9.17, 15) is 0 Å². The maximum atomic E-state index is 3.61. The zero-order chi connectivity index (χ0) is 13.7. The lowest BCUT2D eigenvalue weighted by Crippen LogP contribution is -2.54. The highest BCUT2D eigenvalue weighted by Gasteiger charge is 2.36. The lowest BCUT2D eigenvalue weighted by molar-refractivity contribution is 0.0240. The number of hydrogen-bond acceptors (Lipinski definition) is 3. The van der Waals surface area contributed by atoms with E-state index in [1.807, 2.05) is 0 Å². The van der Waals surface area contributed by atoms with Crippen molar-refractivity contribution < 1.29 is 0 Å². The van der Waals surface area contributed by atoms with Gasteiger partial charge in [-0.1, -0.05) is 13.8 Å². The monoisotopic (exact) mass is 267 g/mol. The maximum absolute atomic E-state index is 3.61. The molecule has 0 aromatic heterocycles. The van der Waals surface area contributed by atoms with Crippen LogP contribution in [-0.4, -0.2) is 61.7 Å². The summed E-state index contributed by atoms with van der Waals surface area (Å²) in [4.78, 5) is 5.31. The molecule has 2 rings (SSSR count). The second-order valence-corrected chi connectivity index (χ2v) is 6.44. The molecule has 0 radical (unpaired) electrons. The predicted molar refractivity (Wildman–Crippen MR) is 82.6 cm³/mol. The van der Waals surface area contributed by atoms with E-state index in [4.69, 9.17) is 0 Å². The van der Waals surface area contributed by atoms with Crippen molar-refractivity contribution in [1.29, 1.82) is 0 Å². The molecule has 0 aromatic carbocycles. The Bertz CT molecular complexity index is 248. The fraction of sp³-hybridized carbons (Fsp3) is 1.00. The summed E-state index contributed by atoms with van der Waals surface area (Å²) < 4.78 is 0. The summed E-state index contributed by atoms with van der Waals surface area (Å²) in [5, 5.41) is 3.61. The number of likely N-dealkylation sites (tertiary alicyclic amines) is 1. The Morgan fingerprint density at radius 3 is 2.37 bits per heavy atom. The molecule has 2 fully saturated rings. The van der Waals surface area contributed by atoms with Crippen LogP contribution in [0.15, 0.2) is 0 Å². The molecule has 1 heterocycles. The quantitative estimate of drug-likeness (QED) is 0.713. The molecule has 0 spiro atoms. The first-order valence-electron chi connectivity index (χ1n) is 8.41. The van der Waals surface area contributed by atoms with Gasteiger partial charge in [0, 0.05) is 12.1 Å². The van der Waals surface area contributed by atoms with Crippen LogP contribution < -0.4 is 5.32 Å². The van der Waals surface area contributed by atoms with Crippen LogP contribution in [-0.2, 0) is 0 Å². The molecule has 2 atom stereocenters. The van der Waals surface area contributed by atoms with Crippen LogP contribution in [0.2, 0.25) is 0 Å². The van der Waals surface area contributed by atoms with Crippen molar-refractivity contribution in [2.75, 3.05) is 39.8 Å². The van der Waals surface area contributed by atoms with Crippen LogP contribution in [0.4, 0.5) is 0 Å². The third-order valence-corrected chi connectivity index (χ3v) is 5.31.